The zero-order valence-corrected chi connectivity index (χ0v) is 25.4. The van der Waals surface area contributed by atoms with Crippen LogP contribution in [-0.2, 0) is 17.6 Å². The van der Waals surface area contributed by atoms with Gasteiger partial charge in [-0.25, -0.2) is 0 Å². The second-order valence-corrected chi connectivity index (χ2v) is 12.9. The van der Waals surface area contributed by atoms with Crippen LogP contribution in [0, 0.1) is 5.41 Å². The number of carboxylic acid groups (broad SMARTS) is 1. The standard InChI is InChI=1S/C32H49N3O6/c1-30(2,3)32(7,41)28(38)34-24(18-22-14-10-8-11-15-22)26(36)20-33-21-27(37)25(19-23-16-12-9-13-17-23)35(29(39)40)31(4,5)6/h8-17,24-27,33,36-37,41H,18-21H2,1-7H3,(H,34,38)(H,39,40)/p-1/t24-,25-,26+,27+,32-/m0/s1. The van der Waals surface area contributed by atoms with Gasteiger partial charge in [0.25, 0.3) is 5.91 Å². The highest BCUT2D eigenvalue weighted by molar-refractivity contribution is 5.85. The Morgan fingerprint density at radius 1 is 0.805 bits per heavy atom. The summed E-state index contributed by atoms with van der Waals surface area (Å²) >= 11 is 0. The molecular formula is C32H48N3O6-. The lowest BCUT2D eigenvalue weighted by Gasteiger charge is -2.45. The fourth-order valence-corrected chi connectivity index (χ4v) is 4.62. The number of amides is 2. The van der Waals surface area contributed by atoms with Crippen LogP contribution in [-0.4, -0.2) is 80.7 Å². The fraction of sp³-hybridized carbons (Fsp3) is 0.562. The normalized spacial score (nSPS) is 16.6. The molecule has 0 fully saturated rings. The second-order valence-electron chi connectivity index (χ2n) is 12.9. The zero-order chi connectivity index (χ0) is 31.0. The summed E-state index contributed by atoms with van der Waals surface area (Å²) in [5.74, 6) is -0.595. The summed E-state index contributed by atoms with van der Waals surface area (Å²) in [5.41, 5.74) is -1.49. The van der Waals surface area contributed by atoms with Gasteiger partial charge in [0.2, 0.25) is 0 Å². The van der Waals surface area contributed by atoms with E-state index in [1.165, 1.54) is 6.92 Å². The molecule has 9 nitrogen and oxygen atoms in total. The van der Waals surface area contributed by atoms with Gasteiger partial charge in [-0.05, 0) is 57.1 Å². The van der Waals surface area contributed by atoms with Crippen molar-refractivity contribution in [3.63, 3.8) is 0 Å². The Balaban J connectivity index is 2.19. The maximum absolute atomic E-state index is 13.1. The molecule has 2 rings (SSSR count). The minimum atomic E-state index is -1.68. The van der Waals surface area contributed by atoms with Gasteiger partial charge in [-0.1, -0.05) is 81.4 Å². The van der Waals surface area contributed by atoms with E-state index in [4.69, 9.17) is 0 Å². The molecule has 2 amide bonds. The molecule has 5 N–H and O–H groups in total. The van der Waals surface area contributed by atoms with Crippen molar-refractivity contribution in [2.24, 2.45) is 5.41 Å². The molecule has 9 heteroatoms. The number of hydrogen-bond acceptors (Lipinski definition) is 7. The molecule has 228 valence electrons. The topological polar surface area (TPSA) is 145 Å². The Morgan fingerprint density at radius 3 is 1.71 bits per heavy atom. The molecule has 0 aliphatic heterocycles. The molecule has 0 aromatic heterocycles. The van der Waals surface area contributed by atoms with E-state index in [0.717, 1.165) is 16.0 Å². The van der Waals surface area contributed by atoms with Gasteiger partial charge >= 0.3 is 0 Å². The summed E-state index contributed by atoms with van der Waals surface area (Å²) in [5, 5.41) is 51.3. The number of benzene rings is 2. The van der Waals surface area contributed by atoms with Gasteiger partial charge in [-0.3, -0.25) is 4.79 Å². The first-order valence-electron chi connectivity index (χ1n) is 14.1. The highest BCUT2D eigenvalue weighted by Gasteiger charge is 2.43. The SMILES string of the molecule is CC(C)(C)N(C(=O)[O-])[C@@H](Cc1ccccc1)[C@H](O)CNC[C@@H](O)[C@H](Cc1ccccc1)NC(=O)[C@](C)(O)C(C)(C)C. The molecule has 2 aromatic carbocycles. The number of aliphatic hydroxyl groups is 3. The Hall–Kier alpha value is -2.98. The van der Waals surface area contributed by atoms with Crippen LogP contribution in [0.15, 0.2) is 60.7 Å². The molecule has 0 spiro atoms. The van der Waals surface area contributed by atoms with E-state index in [9.17, 15) is 30.0 Å². The van der Waals surface area contributed by atoms with Crippen molar-refractivity contribution < 1.29 is 30.0 Å². The van der Waals surface area contributed by atoms with E-state index < -0.39 is 52.8 Å². The molecule has 0 heterocycles. The van der Waals surface area contributed by atoms with Crippen molar-refractivity contribution in [3.8, 4) is 0 Å². The highest BCUT2D eigenvalue weighted by atomic mass is 16.4. The first kappa shape index (κ1) is 34.2. The third kappa shape index (κ3) is 9.81. The molecule has 0 saturated heterocycles. The van der Waals surface area contributed by atoms with E-state index in [1.807, 2.05) is 60.7 Å². The van der Waals surface area contributed by atoms with Crippen molar-refractivity contribution in [2.45, 2.75) is 96.7 Å². The van der Waals surface area contributed by atoms with Crippen molar-refractivity contribution in [1.82, 2.24) is 15.5 Å². The average Bonchev–Trinajstić information content (AvgIpc) is 2.87. The fourth-order valence-electron chi connectivity index (χ4n) is 4.62. The van der Waals surface area contributed by atoms with Crippen LogP contribution in [0.4, 0.5) is 4.79 Å². The number of carbonyl (C=O) groups excluding carboxylic acids is 2. The number of nitrogens with one attached hydrogen (secondary N) is 2. The molecule has 0 radical (unpaired) electrons. The van der Waals surface area contributed by atoms with Crippen LogP contribution in [0.5, 0.6) is 0 Å². The van der Waals surface area contributed by atoms with Crippen molar-refractivity contribution in [1.29, 1.82) is 0 Å². The van der Waals surface area contributed by atoms with E-state index in [2.05, 4.69) is 10.6 Å². The predicted octanol–water partition coefficient (Wildman–Crippen LogP) is 1.88. The van der Waals surface area contributed by atoms with Crippen LogP contribution < -0.4 is 15.7 Å². The Morgan fingerprint density at radius 2 is 1.27 bits per heavy atom. The molecule has 0 aliphatic rings. The van der Waals surface area contributed by atoms with Gasteiger partial charge in [-0.2, -0.15) is 0 Å². The monoisotopic (exact) mass is 570 g/mol. The molecule has 0 bridgehead atoms. The summed E-state index contributed by atoms with van der Waals surface area (Å²) in [7, 11) is 0. The molecular weight excluding hydrogens is 522 g/mol. The summed E-state index contributed by atoms with van der Waals surface area (Å²) in [6.45, 7) is 12.0. The number of rotatable bonds is 13. The summed E-state index contributed by atoms with van der Waals surface area (Å²) < 4.78 is 0. The van der Waals surface area contributed by atoms with Gasteiger partial charge < -0.3 is 40.8 Å². The first-order chi connectivity index (χ1) is 18.9. The van der Waals surface area contributed by atoms with Crippen LogP contribution in [0.1, 0.15) is 59.6 Å². The summed E-state index contributed by atoms with van der Waals surface area (Å²) in [6, 6.07) is 17.2. The van der Waals surface area contributed by atoms with Crippen LogP contribution in [0.2, 0.25) is 0 Å². The molecule has 0 aliphatic carbocycles. The molecule has 0 unspecified atom stereocenters. The van der Waals surface area contributed by atoms with Crippen LogP contribution >= 0.6 is 0 Å². The van der Waals surface area contributed by atoms with E-state index in [0.29, 0.717) is 6.42 Å². The maximum atomic E-state index is 13.1. The number of carbonyl (C=O) groups is 2. The van der Waals surface area contributed by atoms with Crippen LogP contribution in [0.3, 0.4) is 0 Å². The van der Waals surface area contributed by atoms with E-state index >= 15 is 0 Å². The molecule has 5 atom stereocenters. The van der Waals surface area contributed by atoms with Gasteiger partial charge in [-0.15, -0.1) is 0 Å². The smallest absolute Gasteiger partial charge is 0.252 e. The lowest BCUT2D eigenvalue weighted by molar-refractivity contribution is -0.275. The third-order valence-corrected chi connectivity index (χ3v) is 7.67. The lowest BCUT2D eigenvalue weighted by Crippen LogP contribution is -2.62. The Kier molecular flexibility index (Phi) is 11.9. The van der Waals surface area contributed by atoms with Gasteiger partial charge in [0.15, 0.2) is 0 Å². The predicted molar refractivity (Wildman–Crippen MR) is 158 cm³/mol. The Bertz CT molecular complexity index is 1100. The largest absolute Gasteiger partial charge is 0.530 e. The second kappa shape index (κ2) is 14.3. The van der Waals surface area contributed by atoms with Crippen LogP contribution in [0.25, 0.3) is 0 Å². The molecule has 2 aromatic rings. The first-order valence-corrected chi connectivity index (χ1v) is 14.1. The van der Waals surface area contributed by atoms with Crippen molar-refractivity contribution in [3.05, 3.63) is 71.8 Å². The molecule has 41 heavy (non-hydrogen) atoms. The Labute approximate surface area is 244 Å². The highest BCUT2D eigenvalue weighted by Crippen LogP contribution is 2.30. The lowest BCUT2D eigenvalue weighted by atomic mass is 9.77. The van der Waals surface area contributed by atoms with E-state index in [1.54, 1.807) is 41.5 Å². The van der Waals surface area contributed by atoms with Gasteiger partial charge in [0.1, 0.15) is 11.7 Å². The number of aliphatic hydroxyl groups excluding tert-OH is 2. The summed E-state index contributed by atoms with van der Waals surface area (Å²) in [6.07, 6.45) is -2.99. The number of nitrogens with zero attached hydrogens (tertiary/aromatic N) is 1. The quantitative estimate of drug-likeness (QED) is 0.247. The van der Waals surface area contributed by atoms with Gasteiger partial charge in [0.05, 0.1) is 24.3 Å². The van der Waals surface area contributed by atoms with Crippen molar-refractivity contribution in [2.75, 3.05) is 13.1 Å². The molecule has 0 saturated carbocycles. The minimum Gasteiger partial charge on any atom is -0.530 e. The zero-order valence-electron chi connectivity index (χ0n) is 25.4. The summed E-state index contributed by atoms with van der Waals surface area (Å²) in [4.78, 5) is 26.4. The third-order valence-electron chi connectivity index (χ3n) is 7.67. The number of hydrogen-bond donors (Lipinski definition) is 5. The minimum absolute atomic E-state index is 0.00535. The average molecular weight is 571 g/mol. The van der Waals surface area contributed by atoms with E-state index in [-0.39, 0.29) is 19.5 Å². The van der Waals surface area contributed by atoms with Gasteiger partial charge in [0, 0.05) is 18.6 Å². The maximum Gasteiger partial charge on any atom is 0.252 e. The van der Waals surface area contributed by atoms with Crippen molar-refractivity contribution >= 4 is 12.0 Å².